The average molecular weight is 579 g/mol. The van der Waals surface area contributed by atoms with Crippen LogP contribution in [0.4, 0.5) is 10.1 Å². The van der Waals surface area contributed by atoms with Crippen LogP contribution in [0.3, 0.4) is 0 Å². The molecular formula is C30H28ClFN4O5. The summed E-state index contributed by atoms with van der Waals surface area (Å²) in [4.78, 5) is 51.5. The quantitative estimate of drug-likeness (QED) is 0.260. The van der Waals surface area contributed by atoms with Crippen LogP contribution in [0, 0.1) is 5.82 Å². The lowest BCUT2D eigenvalue weighted by Gasteiger charge is -2.35. The number of halogens is 2. The Hall–Kier alpha value is -4.57. The molecule has 3 aromatic carbocycles. The number of carboxylic acid groups (broad SMARTS) is 1. The van der Waals surface area contributed by atoms with Gasteiger partial charge in [-0.2, -0.15) is 5.10 Å². The number of fused-ring (bicyclic) bond motifs is 1. The molecule has 0 saturated carbocycles. The van der Waals surface area contributed by atoms with Gasteiger partial charge in [0.2, 0.25) is 11.8 Å². The number of amides is 2. The Balaban J connectivity index is 1.58. The number of carbonyl (C=O) groups excluding carboxylic acids is 3. The lowest BCUT2D eigenvalue weighted by atomic mass is 10.0. The Morgan fingerprint density at radius 1 is 1.02 bits per heavy atom. The zero-order valence-corrected chi connectivity index (χ0v) is 23.6. The lowest BCUT2D eigenvalue weighted by molar-refractivity contribution is -0.140. The van der Waals surface area contributed by atoms with Crippen molar-refractivity contribution < 1.29 is 28.7 Å². The fourth-order valence-electron chi connectivity index (χ4n) is 4.46. The number of benzene rings is 3. The molecule has 1 heterocycles. The third-order valence-electron chi connectivity index (χ3n) is 6.47. The molecule has 0 fully saturated rings. The Kier molecular flexibility index (Phi) is 8.25. The summed E-state index contributed by atoms with van der Waals surface area (Å²) < 4.78 is 16.7. The maximum absolute atomic E-state index is 15.4. The highest BCUT2D eigenvalue weighted by Gasteiger charge is 2.30. The van der Waals surface area contributed by atoms with Crippen LogP contribution in [-0.2, 0) is 16.1 Å². The number of Topliss-reactive ketones (excluding diaryl/α,β-unsaturated/α-hetero) is 1. The number of hydrogen-bond donors (Lipinski definition) is 2. The van der Waals surface area contributed by atoms with Gasteiger partial charge in [-0.25, -0.2) is 9.18 Å². The van der Waals surface area contributed by atoms with Crippen LogP contribution in [0.25, 0.3) is 22.0 Å². The first-order valence-electron chi connectivity index (χ1n) is 12.7. The minimum Gasteiger partial charge on any atom is -0.478 e. The third kappa shape index (κ3) is 6.28. The van der Waals surface area contributed by atoms with Gasteiger partial charge in [0.15, 0.2) is 11.6 Å². The van der Waals surface area contributed by atoms with Crippen LogP contribution in [0.1, 0.15) is 48.5 Å². The summed E-state index contributed by atoms with van der Waals surface area (Å²) in [7, 11) is 0. The molecule has 0 atom stereocenters. The zero-order valence-electron chi connectivity index (χ0n) is 22.9. The van der Waals surface area contributed by atoms with Crippen LogP contribution in [-0.4, -0.2) is 55.4 Å². The molecule has 0 bridgehead atoms. The highest BCUT2D eigenvalue weighted by molar-refractivity contribution is 6.33. The molecule has 0 aliphatic heterocycles. The van der Waals surface area contributed by atoms with E-state index in [1.54, 1.807) is 57.2 Å². The second-order valence-corrected chi connectivity index (χ2v) is 10.9. The molecule has 0 aliphatic rings. The van der Waals surface area contributed by atoms with Gasteiger partial charge in [-0.3, -0.25) is 19.1 Å². The molecule has 2 amide bonds. The van der Waals surface area contributed by atoms with Crippen molar-refractivity contribution in [1.82, 2.24) is 14.7 Å². The molecule has 4 rings (SSSR count). The molecular weight excluding hydrogens is 551 g/mol. The zero-order chi connectivity index (χ0) is 30.1. The van der Waals surface area contributed by atoms with E-state index in [4.69, 9.17) is 11.6 Å². The van der Waals surface area contributed by atoms with E-state index >= 15 is 4.39 Å². The van der Waals surface area contributed by atoms with E-state index in [2.05, 4.69) is 10.4 Å². The summed E-state index contributed by atoms with van der Waals surface area (Å²) >= 11 is 6.24. The van der Waals surface area contributed by atoms with E-state index in [1.807, 2.05) is 0 Å². The molecule has 1 aromatic heterocycles. The highest BCUT2D eigenvalue weighted by atomic mass is 35.5. The van der Waals surface area contributed by atoms with Gasteiger partial charge in [0, 0.05) is 34.0 Å². The molecule has 4 aromatic rings. The number of anilines is 1. The summed E-state index contributed by atoms with van der Waals surface area (Å²) in [6.45, 7) is 5.83. The lowest BCUT2D eigenvalue weighted by Crippen LogP contribution is -2.50. The molecule has 0 saturated heterocycles. The van der Waals surface area contributed by atoms with Crippen molar-refractivity contribution in [3.63, 3.8) is 0 Å². The van der Waals surface area contributed by atoms with Gasteiger partial charge in [0.25, 0.3) is 0 Å². The van der Waals surface area contributed by atoms with Gasteiger partial charge in [-0.1, -0.05) is 41.9 Å². The topological polar surface area (TPSA) is 122 Å². The van der Waals surface area contributed by atoms with Gasteiger partial charge < -0.3 is 15.3 Å². The number of nitrogens with zero attached hydrogens (tertiary/aromatic N) is 3. The first-order chi connectivity index (χ1) is 19.3. The summed E-state index contributed by atoms with van der Waals surface area (Å²) in [5, 5.41) is 16.8. The predicted octanol–water partition coefficient (Wildman–Crippen LogP) is 5.66. The molecule has 11 heteroatoms. The maximum Gasteiger partial charge on any atom is 0.335 e. The predicted molar refractivity (Wildman–Crippen MR) is 154 cm³/mol. The standard InChI is InChI=1S/C30H28ClFN4O5/c1-17(37)28-21-14-18(29(40)41)12-13-24(21)36(34-28)16-26(39)35(30(2,3)4)15-25(38)33-23-11-7-9-20(27(23)32)19-8-5-6-10-22(19)31/h5-14H,15-16H2,1-4H3,(H,33,38)(H,40,41). The molecule has 9 nitrogen and oxygen atoms in total. The van der Waals surface area contributed by atoms with Crippen LogP contribution < -0.4 is 5.32 Å². The molecule has 212 valence electrons. The summed E-state index contributed by atoms with van der Waals surface area (Å²) in [5.41, 5.74) is 0.220. The van der Waals surface area contributed by atoms with Gasteiger partial charge in [-0.15, -0.1) is 0 Å². The van der Waals surface area contributed by atoms with Crippen molar-refractivity contribution in [3.05, 3.63) is 82.8 Å². The second-order valence-electron chi connectivity index (χ2n) is 10.4. The molecule has 0 unspecified atom stereocenters. The van der Waals surface area contributed by atoms with Crippen molar-refractivity contribution in [1.29, 1.82) is 0 Å². The monoisotopic (exact) mass is 578 g/mol. The molecule has 0 aliphatic carbocycles. The first-order valence-corrected chi connectivity index (χ1v) is 13.0. The van der Waals surface area contributed by atoms with Gasteiger partial charge in [-0.05, 0) is 51.1 Å². The number of ketones is 1. The Morgan fingerprint density at radius 2 is 1.71 bits per heavy atom. The van der Waals surface area contributed by atoms with Crippen molar-refractivity contribution >= 4 is 51.8 Å². The number of hydrogen-bond acceptors (Lipinski definition) is 5. The molecule has 0 radical (unpaired) electrons. The summed E-state index contributed by atoms with van der Waals surface area (Å²) in [6, 6.07) is 15.5. The number of nitrogens with one attached hydrogen (secondary N) is 1. The fraction of sp³-hybridized carbons (Fsp3) is 0.233. The summed E-state index contributed by atoms with van der Waals surface area (Å²) in [5.74, 6) is -3.33. The van der Waals surface area contributed by atoms with E-state index in [-0.39, 0.29) is 35.6 Å². The number of rotatable bonds is 8. The second kappa shape index (κ2) is 11.5. The van der Waals surface area contributed by atoms with Crippen molar-refractivity contribution in [2.24, 2.45) is 0 Å². The molecule has 41 heavy (non-hydrogen) atoms. The van der Waals surface area contributed by atoms with Crippen molar-refractivity contribution in [3.8, 4) is 11.1 Å². The number of carboxylic acids is 1. The largest absolute Gasteiger partial charge is 0.478 e. The minimum absolute atomic E-state index is 0.0234. The van der Waals surface area contributed by atoms with Gasteiger partial charge >= 0.3 is 5.97 Å². The van der Waals surface area contributed by atoms with E-state index in [0.29, 0.717) is 21.5 Å². The van der Waals surface area contributed by atoms with E-state index < -0.39 is 34.9 Å². The SMILES string of the molecule is CC(=O)c1nn(CC(=O)N(CC(=O)Nc2cccc(-c3ccccc3Cl)c2F)C(C)(C)C)c2ccc(C(=O)O)cc12. The number of aromatic nitrogens is 2. The van der Waals surface area contributed by atoms with Crippen molar-refractivity contribution in [2.45, 2.75) is 39.8 Å². The Bertz CT molecular complexity index is 1690. The Labute approximate surface area is 240 Å². The number of aromatic carboxylic acids is 1. The maximum atomic E-state index is 15.4. The third-order valence-corrected chi connectivity index (χ3v) is 6.79. The van der Waals surface area contributed by atoms with Crippen LogP contribution in [0.5, 0.6) is 0 Å². The highest BCUT2D eigenvalue weighted by Crippen LogP contribution is 2.32. The smallest absolute Gasteiger partial charge is 0.335 e. The first kappa shape index (κ1) is 29.4. The summed E-state index contributed by atoms with van der Waals surface area (Å²) in [6.07, 6.45) is 0. The minimum atomic E-state index is -1.16. The van der Waals surface area contributed by atoms with E-state index in [0.717, 1.165) is 0 Å². The van der Waals surface area contributed by atoms with Crippen LogP contribution in [0.15, 0.2) is 60.7 Å². The molecule has 0 spiro atoms. The van der Waals surface area contributed by atoms with Crippen LogP contribution in [0.2, 0.25) is 5.02 Å². The molecule has 2 N–H and O–H groups in total. The fourth-order valence-corrected chi connectivity index (χ4v) is 4.69. The van der Waals surface area contributed by atoms with Crippen molar-refractivity contribution in [2.75, 3.05) is 11.9 Å². The average Bonchev–Trinajstić information content (AvgIpc) is 3.26. The van der Waals surface area contributed by atoms with Gasteiger partial charge in [0.1, 0.15) is 18.8 Å². The van der Waals surface area contributed by atoms with E-state index in [9.17, 15) is 24.3 Å². The Morgan fingerprint density at radius 3 is 2.34 bits per heavy atom. The van der Waals surface area contributed by atoms with E-state index in [1.165, 1.54) is 40.8 Å². The van der Waals surface area contributed by atoms with Gasteiger partial charge in [0.05, 0.1) is 16.8 Å². The number of carbonyl (C=O) groups is 4. The van der Waals surface area contributed by atoms with Crippen LogP contribution >= 0.6 is 11.6 Å². The normalized spacial score (nSPS) is 11.4.